The van der Waals surface area contributed by atoms with Gasteiger partial charge in [-0.2, -0.15) is 0 Å². The molecule has 0 aliphatic rings. The molecule has 0 heterocycles. The molecule has 162 valence electrons. The number of carbonyl (C=O) groups excluding carboxylic acids is 3. The van der Waals surface area contributed by atoms with E-state index in [0.717, 1.165) is 16.7 Å². The van der Waals surface area contributed by atoms with Gasteiger partial charge in [0.25, 0.3) is 0 Å². The van der Waals surface area contributed by atoms with Crippen LogP contribution in [0.15, 0.2) is 53.1 Å². The number of benzene rings is 1. The molecule has 0 unspecified atom stereocenters. The molecule has 0 radical (unpaired) electrons. The van der Waals surface area contributed by atoms with E-state index in [1.165, 1.54) is 18.2 Å². The molecule has 1 rings (SSSR count). The number of rotatable bonds is 9. The predicted molar refractivity (Wildman–Crippen MR) is 116 cm³/mol. The second-order valence-corrected chi connectivity index (χ2v) is 7.40. The lowest BCUT2D eigenvalue weighted by Gasteiger charge is -2.11. The molecule has 0 aromatic heterocycles. The third-order valence-corrected chi connectivity index (χ3v) is 3.81. The molecule has 0 aliphatic heterocycles. The smallest absolute Gasteiger partial charge is 0.339 e. The highest BCUT2D eigenvalue weighted by atomic mass is 16.5. The Kier molecular flexibility index (Phi) is 10.3. The molecule has 0 bridgehead atoms. The van der Waals surface area contributed by atoms with Gasteiger partial charge < -0.3 is 14.2 Å². The van der Waals surface area contributed by atoms with E-state index in [1.807, 2.05) is 41.5 Å². The summed E-state index contributed by atoms with van der Waals surface area (Å²) in [5, 5.41) is 0. The lowest BCUT2D eigenvalue weighted by molar-refractivity contribution is 0.0499. The van der Waals surface area contributed by atoms with E-state index in [0.29, 0.717) is 0 Å². The minimum atomic E-state index is -0.722. The number of hydrogen-bond donors (Lipinski definition) is 0. The van der Waals surface area contributed by atoms with Crippen LogP contribution in [0.2, 0.25) is 0 Å². The summed E-state index contributed by atoms with van der Waals surface area (Å²) < 4.78 is 15.6. The van der Waals surface area contributed by atoms with Crippen molar-refractivity contribution in [2.24, 2.45) is 0 Å². The molecule has 6 nitrogen and oxygen atoms in total. The molecule has 0 saturated carbocycles. The normalized spacial score (nSPS) is 9.80. The van der Waals surface area contributed by atoms with Crippen molar-refractivity contribution >= 4 is 17.9 Å². The van der Waals surface area contributed by atoms with Crippen molar-refractivity contribution in [1.82, 2.24) is 0 Å². The fourth-order valence-electron chi connectivity index (χ4n) is 2.11. The molecule has 0 atom stereocenters. The molecule has 0 saturated heterocycles. The molecule has 1 aromatic carbocycles. The van der Waals surface area contributed by atoms with Gasteiger partial charge in [-0.3, -0.25) is 0 Å². The Morgan fingerprint density at radius 2 is 1.03 bits per heavy atom. The van der Waals surface area contributed by atoms with Crippen molar-refractivity contribution in [2.45, 2.75) is 41.5 Å². The van der Waals surface area contributed by atoms with Crippen LogP contribution in [0, 0.1) is 0 Å². The van der Waals surface area contributed by atoms with Crippen LogP contribution in [0.3, 0.4) is 0 Å². The molecule has 0 spiro atoms. The first-order valence-electron chi connectivity index (χ1n) is 9.67. The molecule has 0 amide bonds. The number of hydrogen-bond acceptors (Lipinski definition) is 6. The Balaban J connectivity index is 3.13. The summed E-state index contributed by atoms with van der Waals surface area (Å²) >= 11 is 0. The number of carbonyl (C=O) groups is 3. The van der Waals surface area contributed by atoms with Crippen LogP contribution in [-0.4, -0.2) is 37.7 Å². The van der Waals surface area contributed by atoms with Crippen LogP contribution >= 0.6 is 0 Å². The minimum absolute atomic E-state index is 0.0280. The fraction of sp³-hybridized carbons (Fsp3) is 0.375. The summed E-state index contributed by atoms with van der Waals surface area (Å²) in [6.45, 7) is 11.6. The van der Waals surface area contributed by atoms with Crippen LogP contribution in [0.4, 0.5) is 0 Å². The van der Waals surface area contributed by atoms with Crippen LogP contribution in [-0.2, 0) is 14.2 Å². The minimum Gasteiger partial charge on any atom is -0.458 e. The molecule has 0 fully saturated rings. The highest BCUT2D eigenvalue weighted by Gasteiger charge is 2.22. The van der Waals surface area contributed by atoms with Crippen molar-refractivity contribution in [2.75, 3.05) is 19.8 Å². The molecule has 0 aliphatic carbocycles. The second-order valence-electron chi connectivity index (χ2n) is 7.40. The van der Waals surface area contributed by atoms with Crippen molar-refractivity contribution in [3.05, 3.63) is 69.8 Å². The topological polar surface area (TPSA) is 78.9 Å². The summed E-state index contributed by atoms with van der Waals surface area (Å²) in [6.07, 6.45) is 5.25. The summed E-state index contributed by atoms with van der Waals surface area (Å²) in [4.78, 5) is 37.3. The van der Waals surface area contributed by atoms with Gasteiger partial charge in [0.1, 0.15) is 19.8 Å². The van der Waals surface area contributed by atoms with E-state index < -0.39 is 17.9 Å². The molecular weight excluding hydrogens is 384 g/mol. The maximum atomic E-state index is 12.6. The Morgan fingerprint density at radius 3 is 1.47 bits per heavy atom. The molecule has 1 aromatic rings. The lowest BCUT2D eigenvalue weighted by Crippen LogP contribution is -2.16. The molecule has 0 N–H and O–H groups in total. The fourth-order valence-corrected chi connectivity index (χ4v) is 2.11. The van der Waals surface area contributed by atoms with Gasteiger partial charge in [-0.15, -0.1) is 0 Å². The van der Waals surface area contributed by atoms with E-state index in [4.69, 9.17) is 14.2 Å². The van der Waals surface area contributed by atoms with Gasteiger partial charge in [-0.25, -0.2) is 14.4 Å². The van der Waals surface area contributed by atoms with Crippen LogP contribution in [0.1, 0.15) is 72.6 Å². The summed E-state index contributed by atoms with van der Waals surface area (Å²) in [5.74, 6) is -2.00. The Labute approximate surface area is 178 Å². The van der Waals surface area contributed by atoms with Crippen molar-refractivity contribution < 1.29 is 28.6 Å². The third kappa shape index (κ3) is 8.90. The average molecular weight is 414 g/mol. The first-order chi connectivity index (χ1) is 14.1. The van der Waals surface area contributed by atoms with E-state index in [1.54, 1.807) is 18.2 Å². The Morgan fingerprint density at radius 1 is 0.633 bits per heavy atom. The number of ether oxygens (including phenoxy) is 3. The second kappa shape index (κ2) is 12.4. The first kappa shape index (κ1) is 24.9. The van der Waals surface area contributed by atoms with Crippen LogP contribution in [0.25, 0.3) is 0 Å². The summed E-state index contributed by atoms with van der Waals surface area (Å²) in [6, 6.07) is 4.10. The van der Waals surface area contributed by atoms with Gasteiger partial charge in [0, 0.05) is 0 Å². The largest absolute Gasteiger partial charge is 0.458 e. The quantitative estimate of drug-likeness (QED) is 0.319. The van der Waals surface area contributed by atoms with Crippen molar-refractivity contribution in [1.29, 1.82) is 0 Å². The van der Waals surface area contributed by atoms with E-state index in [2.05, 4.69) is 0 Å². The summed E-state index contributed by atoms with van der Waals surface area (Å²) in [7, 11) is 0. The van der Waals surface area contributed by atoms with Crippen molar-refractivity contribution in [3.63, 3.8) is 0 Å². The molecular formula is C24H30O6. The maximum absolute atomic E-state index is 12.6. The van der Waals surface area contributed by atoms with Gasteiger partial charge >= 0.3 is 17.9 Å². The van der Waals surface area contributed by atoms with Gasteiger partial charge in [0.05, 0.1) is 16.7 Å². The van der Waals surface area contributed by atoms with Gasteiger partial charge in [0.2, 0.25) is 0 Å². The van der Waals surface area contributed by atoms with Crippen LogP contribution < -0.4 is 0 Å². The van der Waals surface area contributed by atoms with Crippen LogP contribution in [0.5, 0.6) is 0 Å². The number of allylic oxidation sites excluding steroid dienone is 3. The highest BCUT2D eigenvalue weighted by Crippen LogP contribution is 2.17. The Bertz CT molecular complexity index is 862. The third-order valence-electron chi connectivity index (χ3n) is 3.81. The molecule has 30 heavy (non-hydrogen) atoms. The average Bonchev–Trinajstić information content (AvgIpc) is 2.66. The summed E-state index contributed by atoms with van der Waals surface area (Å²) in [5.41, 5.74) is 3.13. The van der Waals surface area contributed by atoms with Gasteiger partial charge in [-0.1, -0.05) is 16.7 Å². The van der Waals surface area contributed by atoms with E-state index in [-0.39, 0.29) is 36.5 Å². The monoisotopic (exact) mass is 414 g/mol. The number of esters is 3. The zero-order valence-corrected chi connectivity index (χ0v) is 18.5. The maximum Gasteiger partial charge on any atom is 0.339 e. The van der Waals surface area contributed by atoms with E-state index in [9.17, 15) is 14.4 Å². The SMILES string of the molecule is CC(C)=CCOC(=O)c1ccc(C(=O)OCC=C(C)C)c(C(=O)OCC=C(C)C)c1. The molecule has 6 heteroatoms. The van der Waals surface area contributed by atoms with Crippen molar-refractivity contribution in [3.8, 4) is 0 Å². The predicted octanol–water partition coefficient (Wildman–Crippen LogP) is 5.06. The standard InChI is InChI=1S/C24H30O6/c1-16(2)9-12-28-22(25)19-7-8-20(23(26)29-13-10-17(3)4)21(15-19)24(27)30-14-11-18(5)6/h7-11,15H,12-14H2,1-6H3. The first-order valence-corrected chi connectivity index (χ1v) is 9.67. The van der Waals surface area contributed by atoms with Gasteiger partial charge in [0.15, 0.2) is 0 Å². The lowest BCUT2D eigenvalue weighted by atomic mass is 10.0. The zero-order valence-electron chi connectivity index (χ0n) is 18.5. The highest BCUT2D eigenvalue weighted by molar-refractivity contribution is 6.05. The van der Waals surface area contributed by atoms with E-state index >= 15 is 0 Å². The zero-order chi connectivity index (χ0) is 22.7. The van der Waals surface area contributed by atoms with Gasteiger partial charge in [-0.05, 0) is 78.0 Å². The Hall–Kier alpha value is -3.15.